The Balaban J connectivity index is 1.65. The third-order valence-corrected chi connectivity index (χ3v) is 7.67. The van der Waals surface area contributed by atoms with E-state index in [0.29, 0.717) is 17.7 Å². The zero-order valence-electron chi connectivity index (χ0n) is 20.5. The number of β-lactam (4-membered cyclic amide) rings is 1. The van der Waals surface area contributed by atoms with Crippen molar-refractivity contribution in [3.63, 3.8) is 0 Å². The minimum atomic E-state index is -1.19. The molecule has 14 nitrogen and oxygen atoms in total. The van der Waals surface area contributed by atoms with E-state index in [9.17, 15) is 24.4 Å². The molecule has 4 N–H and O–H groups in total. The first-order valence-corrected chi connectivity index (χ1v) is 12.9. The Morgan fingerprint density at radius 1 is 1.35 bits per heavy atom. The summed E-state index contributed by atoms with van der Waals surface area (Å²) in [6, 6.07) is -0.999. The normalized spacial score (nSPS) is 19.6. The molecule has 2 atom stereocenters. The molecule has 2 aliphatic rings. The highest BCUT2D eigenvalue weighted by Crippen LogP contribution is 2.40. The van der Waals surface area contributed by atoms with Gasteiger partial charge in [0.1, 0.15) is 17.1 Å². The summed E-state index contributed by atoms with van der Waals surface area (Å²) in [4.78, 5) is 55.1. The Morgan fingerprint density at radius 2 is 2.08 bits per heavy atom. The fraction of sp³-hybridized carbons (Fsp3) is 0.524. The molecule has 3 rings (SSSR count). The number of rotatable bonds is 10. The highest BCUT2D eigenvalue weighted by Gasteiger charge is 2.54. The van der Waals surface area contributed by atoms with Crippen LogP contribution in [0.5, 0.6) is 0 Å². The first-order valence-electron chi connectivity index (χ1n) is 11.0. The number of nitrogens with zero attached hydrogens (tertiary/aromatic N) is 3. The Labute approximate surface area is 220 Å². The van der Waals surface area contributed by atoms with Gasteiger partial charge in [-0.1, -0.05) is 12.1 Å². The molecule has 1 aromatic heterocycles. The fourth-order valence-electron chi connectivity index (χ4n) is 3.20. The molecule has 2 aliphatic heterocycles. The molecular formula is C21H27N5O9S2. The van der Waals surface area contributed by atoms with Crippen molar-refractivity contribution in [3.8, 4) is 0 Å². The summed E-state index contributed by atoms with van der Waals surface area (Å²) in [7, 11) is 1.44. The summed E-state index contributed by atoms with van der Waals surface area (Å²) in [5.41, 5.74) is 4.97. The molecule has 0 spiro atoms. The molecule has 0 bridgehead atoms. The molecule has 3 heterocycles. The van der Waals surface area contributed by atoms with Gasteiger partial charge in [0, 0.05) is 23.8 Å². The number of anilines is 1. The van der Waals surface area contributed by atoms with Crippen molar-refractivity contribution in [3.05, 3.63) is 22.5 Å². The van der Waals surface area contributed by atoms with E-state index in [1.807, 2.05) is 6.92 Å². The van der Waals surface area contributed by atoms with Crippen molar-refractivity contribution in [1.82, 2.24) is 15.2 Å². The number of nitrogens with two attached hydrogens (primary N) is 1. The van der Waals surface area contributed by atoms with Gasteiger partial charge in [0.2, 0.25) is 12.7 Å². The van der Waals surface area contributed by atoms with Gasteiger partial charge in [-0.3, -0.25) is 19.3 Å². The average molecular weight is 558 g/mol. The first kappa shape index (κ1) is 28.2. The monoisotopic (exact) mass is 557 g/mol. The maximum Gasteiger partial charge on any atom is 0.518 e. The quantitative estimate of drug-likeness (QED) is 0.0933. The fourth-order valence-corrected chi connectivity index (χ4v) is 5.05. The van der Waals surface area contributed by atoms with Gasteiger partial charge in [-0.05, 0) is 20.3 Å². The summed E-state index contributed by atoms with van der Waals surface area (Å²) in [5.74, 6) is -1.72. The number of hydrogen-bond donors (Lipinski definition) is 3. The van der Waals surface area contributed by atoms with E-state index in [1.165, 1.54) is 29.2 Å². The van der Waals surface area contributed by atoms with Crippen molar-refractivity contribution >= 4 is 57.9 Å². The number of thioether (sulfide) groups is 1. The summed E-state index contributed by atoms with van der Waals surface area (Å²) in [6.07, 6.45) is -0.659. The van der Waals surface area contributed by atoms with E-state index in [0.717, 1.165) is 11.3 Å². The van der Waals surface area contributed by atoms with Gasteiger partial charge in [0.25, 0.3) is 11.8 Å². The van der Waals surface area contributed by atoms with Crippen LogP contribution in [-0.2, 0) is 33.3 Å². The lowest BCUT2D eigenvalue weighted by Crippen LogP contribution is -2.70. The van der Waals surface area contributed by atoms with E-state index < -0.39 is 53.3 Å². The number of carbonyl (C=O) groups excluding carboxylic acids is 4. The summed E-state index contributed by atoms with van der Waals surface area (Å²) >= 11 is 2.36. The van der Waals surface area contributed by atoms with E-state index in [4.69, 9.17) is 24.7 Å². The second kappa shape index (κ2) is 11.8. The maximum absolute atomic E-state index is 13.0. The number of amides is 2. The molecule has 0 radical (unpaired) electrons. The smallest absolute Gasteiger partial charge is 0.427 e. The summed E-state index contributed by atoms with van der Waals surface area (Å²) in [6.45, 7) is 4.62. The van der Waals surface area contributed by atoms with Crippen molar-refractivity contribution in [2.45, 2.75) is 38.6 Å². The van der Waals surface area contributed by atoms with Gasteiger partial charge in [0.15, 0.2) is 10.8 Å². The van der Waals surface area contributed by atoms with Gasteiger partial charge in [0.05, 0.1) is 12.0 Å². The number of oxime groups is 1. The lowest BCUT2D eigenvalue weighted by Gasteiger charge is -2.49. The SMILES string of the molecule is CCC(C)(C)C(=O)OCOC(=O)OC1=C(COC)CS[C@H]2C(NC(=O)/C(=N\O)c3csc(N)n3)C(=O)N12. The Hall–Kier alpha value is -3.37. The molecule has 0 aliphatic carbocycles. The molecular weight excluding hydrogens is 530 g/mol. The van der Waals surface area contributed by atoms with Crippen LogP contribution < -0.4 is 11.1 Å². The van der Waals surface area contributed by atoms with Crippen molar-refractivity contribution in [2.24, 2.45) is 10.6 Å². The van der Waals surface area contributed by atoms with E-state index in [-0.39, 0.29) is 23.3 Å². The number of ether oxygens (including phenoxy) is 4. The van der Waals surface area contributed by atoms with Crippen LogP contribution in [0.2, 0.25) is 0 Å². The minimum Gasteiger partial charge on any atom is -0.427 e. The first-order chi connectivity index (χ1) is 17.5. The van der Waals surface area contributed by atoms with Crippen LogP contribution in [0.1, 0.15) is 32.9 Å². The van der Waals surface area contributed by atoms with Crippen LogP contribution in [0.25, 0.3) is 0 Å². The maximum atomic E-state index is 13.0. The summed E-state index contributed by atoms with van der Waals surface area (Å²) < 4.78 is 20.3. The average Bonchev–Trinajstić information content (AvgIpc) is 3.29. The second-order valence-corrected chi connectivity index (χ2v) is 10.5. The summed E-state index contributed by atoms with van der Waals surface area (Å²) in [5, 5.41) is 15.8. The highest BCUT2D eigenvalue weighted by molar-refractivity contribution is 8.00. The zero-order chi connectivity index (χ0) is 27.3. The van der Waals surface area contributed by atoms with Crippen LogP contribution in [0.4, 0.5) is 9.93 Å². The van der Waals surface area contributed by atoms with Gasteiger partial charge < -0.3 is 35.2 Å². The van der Waals surface area contributed by atoms with Crippen LogP contribution in [0.15, 0.2) is 22.0 Å². The molecule has 2 amide bonds. The van der Waals surface area contributed by atoms with Crippen molar-refractivity contribution < 1.29 is 43.3 Å². The third-order valence-electron chi connectivity index (χ3n) is 5.66. The van der Waals surface area contributed by atoms with Gasteiger partial charge in [-0.25, -0.2) is 9.78 Å². The zero-order valence-corrected chi connectivity index (χ0v) is 22.1. The largest absolute Gasteiger partial charge is 0.518 e. The lowest BCUT2D eigenvalue weighted by molar-refractivity contribution is -0.164. The van der Waals surface area contributed by atoms with Gasteiger partial charge in [-0.2, -0.15) is 0 Å². The molecule has 202 valence electrons. The van der Waals surface area contributed by atoms with Crippen LogP contribution in [0, 0.1) is 5.41 Å². The van der Waals surface area contributed by atoms with Crippen LogP contribution in [0.3, 0.4) is 0 Å². The predicted octanol–water partition coefficient (Wildman–Crippen LogP) is 1.25. The number of carbonyl (C=O) groups is 4. The number of esters is 1. The number of aromatic nitrogens is 1. The second-order valence-electron chi connectivity index (χ2n) is 8.51. The number of nitrogens with one attached hydrogen (secondary N) is 1. The molecule has 16 heteroatoms. The van der Waals surface area contributed by atoms with E-state index in [1.54, 1.807) is 13.8 Å². The van der Waals surface area contributed by atoms with Gasteiger partial charge in [-0.15, -0.1) is 23.1 Å². The molecule has 37 heavy (non-hydrogen) atoms. The Kier molecular flexibility index (Phi) is 8.98. The number of thiazole rings is 1. The topological polar surface area (TPSA) is 192 Å². The molecule has 0 aromatic carbocycles. The van der Waals surface area contributed by atoms with Crippen molar-refractivity contribution in [1.29, 1.82) is 0 Å². The number of hydrogen-bond acceptors (Lipinski definition) is 14. The van der Waals surface area contributed by atoms with Crippen LogP contribution >= 0.6 is 23.1 Å². The van der Waals surface area contributed by atoms with Gasteiger partial charge >= 0.3 is 12.1 Å². The number of nitrogen functional groups attached to an aromatic ring is 1. The van der Waals surface area contributed by atoms with E-state index >= 15 is 0 Å². The Bertz CT molecular complexity index is 1130. The predicted molar refractivity (Wildman–Crippen MR) is 131 cm³/mol. The van der Waals surface area contributed by atoms with Crippen LogP contribution in [-0.4, -0.2) is 82.4 Å². The molecule has 0 saturated carbocycles. The number of methoxy groups -OCH3 is 1. The van der Waals surface area contributed by atoms with E-state index in [2.05, 4.69) is 15.5 Å². The standard InChI is InChI=1S/C21H27N5O9S2/c1-5-21(2,3)18(29)33-9-34-20(30)35-16-10(6-32-4)7-36-17-13(15(28)26(16)17)24-14(27)12(25-31)11-8-37-19(22)23-11/h8,13,17,31H,5-7,9H2,1-4H3,(H2,22,23)(H,24,27)/b25-12-/t13?,17-/m0/s1. The number of fused-ring (bicyclic) bond motifs is 1. The minimum absolute atomic E-state index is 0.0551. The molecule has 1 saturated heterocycles. The molecule has 1 unspecified atom stereocenters. The highest BCUT2D eigenvalue weighted by atomic mass is 32.2. The molecule has 1 fully saturated rings. The lowest BCUT2D eigenvalue weighted by atomic mass is 9.91. The Morgan fingerprint density at radius 3 is 2.68 bits per heavy atom. The molecule has 1 aromatic rings. The van der Waals surface area contributed by atoms with Crippen molar-refractivity contribution in [2.75, 3.05) is 32.0 Å². The third kappa shape index (κ3) is 6.14.